The van der Waals surface area contributed by atoms with E-state index in [1.54, 1.807) is 18.4 Å². The van der Waals surface area contributed by atoms with Crippen LogP contribution in [-0.2, 0) is 6.54 Å². The number of benzene rings is 1. The Hall–Kier alpha value is -1.81. The van der Waals surface area contributed by atoms with E-state index in [1.807, 2.05) is 17.8 Å². The zero-order valence-corrected chi connectivity index (χ0v) is 11.2. The van der Waals surface area contributed by atoms with Gasteiger partial charge in [0.05, 0.1) is 23.0 Å². The van der Waals surface area contributed by atoms with Gasteiger partial charge < -0.3 is 9.30 Å². The average molecular weight is 258 g/mol. The van der Waals surface area contributed by atoms with E-state index < -0.39 is 0 Å². The van der Waals surface area contributed by atoms with Gasteiger partial charge in [0.1, 0.15) is 5.75 Å². The summed E-state index contributed by atoms with van der Waals surface area (Å²) in [4.78, 5) is 5.36. The molecule has 0 aliphatic carbocycles. The van der Waals surface area contributed by atoms with E-state index in [0.29, 0.717) is 0 Å². The third kappa shape index (κ3) is 1.69. The molecule has 3 aromatic rings. The van der Waals surface area contributed by atoms with Crippen LogP contribution < -0.4 is 4.74 Å². The van der Waals surface area contributed by atoms with Gasteiger partial charge in [0.25, 0.3) is 0 Å². The van der Waals surface area contributed by atoms with Crippen LogP contribution in [0.15, 0.2) is 36.1 Å². The van der Waals surface area contributed by atoms with Gasteiger partial charge in [0.15, 0.2) is 0 Å². The van der Waals surface area contributed by atoms with Gasteiger partial charge in [-0.25, -0.2) is 0 Å². The molecule has 0 saturated carbocycles. The maximum Gasteiger partial charge on any atom is 0.120 e. The number of methoxy groups -OCH3 is 1. The van der Waals surface area contributed by atoms with Crippen LogP contribution in [0, 0.1) is 0 Å². The number of hydrogen-bond donors (Lipinski definition) is 0. The number of thiazole rings is 1. The second kappa shape index (κ2) is 4.46. The molecule has 0 radical (unpaired) electrons. The van der Waals surface area contributed by atoms with Gasteiger partial charge in [-0.1, -0.05) is 0 Å². The lowest BCUT2D eigenvalue weighted by molar-refractivity contribution is 0.415. The smallest absolute Gasteiger partial charge is 0.120 e. The molecule has 0 fully saturated rings. The van der Waals surface area contributed by atoms with Gasteiger partial charge in [0, 0.05) is 36.0 Å². The van der Waals surface area contributed by atoms with Gasteiger partial charge in [-0.2, -0.15) is 0 Å². The van der Waals surface area contributed by atoms with E-state index >= 15 is 0 Å². The average Bonchev–Trinajstić information content (AvgIpc) is 3.04. The van der Waals surface area contributed by atoms with Crippen LogP contribution in [0.1, 0.15) is 6.92 Å². The lowest BCUT2D eigenvalue weighted by Gasteiger charge is -2.03. The number of ether oxygens (including phenoxy) is 1. The van der Waals surface area contributed by atoms with Gasteiger partial charge >= 0.3 is 0 Å². The molecule has 0 atom stereocenters. The molecule has 0 N–H and O–H groups in total. The summed E-state index contributed by atoms with van der Waals surface area (Å²) >= 11 is 1.67. The van der Waals surface area contributed by atoms with E-state index in [0.717, 1.165) is 12.3 Å². The van der Waals surface area contributed by atoms with E-state index in [1.165, 1.54) is 21.3 Å². The highest BCUT2D eigenvalue weighted by molar-refractivity contribution is 7.13. The number of aromatic nitrogens is 2. The highest BCUT2D eigenvalue weighted by Gasteiger charge is 2.11. The van der Waals surface area contributed by atoms with Gasteiger partial charge in [-0.3, -0.25) is 4.98 Å². The van der Waals surface area contributed by atoms with Crippen LogP contribution in [0.2, 0.25) is 0 Å². The van der Waals surface area contributed by atoms with Crippen molar-refractivity contribution in [1.29, 1.82) is 0 Å². The zero-order chi connectivity index (χ0) is 12.5. The van der Waals surface area contributed by atoms with Gasteiger partial charge in [-0.15, -0.1) is 11.3 Å². The van der Waals surface area contributed by atoms with Crippen molar-refractivity contribution in [2.75, 3.05) is 7.11 Å². The molecule has 2 aromatic heterocycles. The first-order valence-corrected chi connectivity index (χ1v) is 6.77. The fourth-order valence-corrected chi connectivity index (χ4v) is 2.85. The van der Waals surface area contributed by atoms with Gasteiger partial charge in [-0.05, 0) is 19.1 Å². The number of nitrogens with zero attached hydrogens (tertiary/aromatic N) is 2. The minimum absolute atomic E-state index is 0.895. The topological polar surface area (TPSA) is 27.1 Å². The Bertz CT molecular complexity index is 670. The van der Waals surface area contributed by atoms with Crippen molar-refractivity contribution >= 4 is 22.2 Å². The summed E-state index contributed by atoms with van der Waals surface area (Å²) in [6.07, 6.45) is 4.11. The van der Waals surface area contributed by atoms with Crippen molar-refractivity contribution in [3.63, 3.8) is 0 Å². The first-order chi connectivity index (χ1) is 8.83. The van der Waals surface area contributed by atoms with Crippen LogP contribution in [0.3, 0.4) is 0 Å². The molecule has 18 heavy (non-hydrogen) atoms. The number of aryl methyl sites for hydroxylation is 1. The Morgan fingerprint density at radius 3 is 2.94 bits per heavy atom. The fourth-order valence-electron chi connectivity index (χ4n) is 2.21. The molecule has 0 unspecified atom stereocenters. The third-order valence-electron chi connectivity index (χ3n) is 3.13. The highest BCUT2D eigenvalue weighted by Crippen LogP contribution is 2.34. The molecular weight excluding hydrogens is 244 g/mol. The summed E-state index contributed by atoms with van der Waals surface area (Å²) in [5, 5.41) is 1.25. The summed E-state index contributed by atoms with van der Waals surface area (Å²) < 4.78 is 7.54. The van der Waals surface area contributed by atoms with Crippen LogP contribution in [0.4, 0.5) is 0 Å². The number of hydrogen-bond acceptors (Lipinski definition) is 3. The minimum atomic E-state index is 0.895. The van der Waals surface area contributed by atoms with Crippen LogP contribution in [0.25, 0.3) is 21.3 Å². The normalized spacial score (nSPS) is 11.0. The molecule has 0 saturated heterocycles. The van der Waals surface area contributed by atoms with E-state index in [2.05, 4.69) is 34.8 Å². The van der Waals surface area contributed by atoms with E-state index in [-0.39, 0.29) is 0 Å². The molecule has 3 nitrogen and oxygen atoms in total. The predicted octanol–water partition coefficient (Wildman–Crippen LogP) is 3.79. The predicted molar refractivity (Wildman–Crippen MR) is 75.3 cm³/mol. The first kappa shape index (κ1) is 11.3. The first-order valence-electron chi connectivity index (χ1n) is 5.89. The summed E-state index contributed by atoms with van der Waals surface area (Å²) in [6.45, 7) is 3.10. The fraction of sp³-hybridized carbons (Fsp3) is 0.214. The third-order valence-corrected chi connectivity index (χ3v) is 3.93. The number of fused-ring (bicyclic) bond motifs is 1. The van der Waals surface area contributed by atoms with Crippen LogP contribution >= 0.6 is 11.3 Å². The summed E-state index contributed by atoms with van der Waals surface area (Å²) in [5.74, 6) is 0.895. The molecule has 0 aliphatic heterocycles. The van der Waals surface area contributed by atoms with Crippen molar-refractivity contribution in [1.82, 2.24) is 9.55 Å². The Kier molecular flexibility index (Phi) is 2.80. The molecule has 1 aromatic carbocycles. The minimum Gasteiger partial charge on any atom is -0.497 e. The van der Waals surface area contributed by atoms with Crippen LogP contribution in [-0.4, -0.2) is 16.7 Å². The standard InChI is InChI=1S/C14H14N2OS/c1-3-16-8-12(14-7-15-9-18-14)11-5-4-10(17-2)6-13(11)16/h4-9H,3H2,1-2H3. The molecular formula is C14H14N2OS. The van der Waals surface area contributed by atoms with Crippen molar-refractivity contribution in [3.8, 4) is 16.2 Å². The molecule has 0 spiro atoms. The molecule has 2 heterocycles. The zero-order valence-electron chi connectivity index (χ0n) is 10.4. The molecule has 4 heteroatoms. The second-order valence-corrected chi connectivity index (χ2v) is 4.96. The monoisotopic (exact) mass is 258 g/mol. The molecule has 0 bridgehead atoms. The Balaban J connectivity index is 2.28. The molecule has 92 valence electrons. The highest BCUT2D eigenvalue weighted by atomic mass is 32.1. The second-order valence-electron chi connectivity index (χ2n) is 4.08. The van der Waals surface area contributed by atoms with Crippen molar-refractivity contribution < 1.29 is 4.74 Å². The quantitative estimate of drug-likeness (QED) is 0.714. The lowest BCUT2D eigenvalue weighted by atomic mass is 10.1. The van der Waals surface area contributed by atoms with Crippen molar-refractivity contribution in [2.45, 2.75) is 13.5 Å². The maximum atomic E-state index is 5.30. The maximum absolute atomic E-state index is 5.30. The Morgan fingerprint density at radius 1 is 1.39 bits per heavy atom. The van der Waals surface area contributed by atoms with Gasteiger partial charge in [0.2, 0.25) is 0 Å². The van der Waals surface area contributed by atoms with Crippen LogP contribution in [0.5, 0.6) is 5.75 Å². The summed E-state index contributed by atoms with van der Waals surface area (Å²) in [7, 11) is 1.70. The van der Waals surface area contributed by atoms with Crippen molar-refractivity contribution in [3.05, 3.63) is 36.1 Å². The summed E-state index contributed by atoms with van der Waals surface area (Å²) in [5.41, 5.74) is 4.32. The molecule has 3 rings (SSSR count). The van der Waals surface area contributed by atoms with Crippen molar-refractivity contribution in [2.24, 2.45) is 0 Å². The molecule has 0 aliphatic rings. The largest absolute Gasteiger partial charge is 0.497 e. The van der Waals surface area contributed by atoms with E-state index in [9.17, 15) is 0 Å². The molecule has 0 amide bonds. The Morgan fingerprint density at radius 2 is 2.28 bits per heavy atom. The summed E-state index contributed by atoms with van der Waals surface area (Å²) in [6, 6.07) is 6.21. The SMILES string of the molecule is CCn1cc(-c2cncs2)c2ccc(OC)cc21. The Labute approximate surface area is 110 Å². The number of rotatable bonds is 3. The lowest BCUT2D eigenvalue weighted by Crippen LogP contribution is -1.91. The van der Waals surface area contributed by atoms with E-state index in [4.69, 9.17) is 4.74 Å².